The van der Waals surface area contributed by atoms with Gasteiger partial charge in [-0.2, -0.15) is 0 Å². The fourth-order valence-electron chi connectivity index (χ4n) is 3.81. The largest absolute Gasteiger partial charge is 0.493 e. The normalized spacial score (nSPS) is 11.3. The summed E-state index contributed by atoms with van der Waals surface area (Å²) in [4.78, 5) is 6.24. The summed E-state index contributed by atoms with van der Waals surface area (Å²) in [7, 11) is 0. The molecule has 0 unspecified atom stereocenters. The van der Waals surface area contributed by atoms with Gasteiger partial charge in [-0.1, -0.05) is 54.6 Å². The lowest BCUT2D eigenvalue weighted by molar-refractivity contribution is 0.305. The van der Waals surface area contributed by atoms with E-state index < -0.39 is 0 Å². The second kappa shape index (κ2) is 8.10. The fourth-order valence-corrected chi connectivity index (χ4v) is 4.51. The highest BCUT2D eigenvalue weighted by Gasteiger charge is 2.11. The van der Waals surface area contributed by atoms with Crippen molar-refractivity contribution in [3.8, 4) is 5.75 Å². The van der Waals surface area contributed by atoms with E-state index in [4.69, 9.17) is 9.72 Å². The highest BCUT2D eigenvalue weighted by atomic mass is 32.1. The van der Waals surface area contributed by atoms with Gasteiger partial charge >= 0.3 is 0 Å². The summed E-state index contributed by atoms with van der Waals surface area (Å²) in [5.74, 6) is 2.08. The Morgan fingerprint density at radius 1 is 0.862 bits per heavy atom. The Balaban J connectivity index is 1.32. The van der Waals surface area contributed by atoms with Crippen LogP contribution in [0.25, 0.3) is 21.8 Å². The van der Waals surface area contributed by atoms with Crippen molar-refractivity contribution in [2.24, 2.45) is 0 Å². The van der Waals surface area contributed by atoms with Crippen LogP contribution in [0.3, 0.4) is 0 Å². The van der Waals surface area contributed by atoms with E-state index >= 15 is 0 Å². The van der Waals surface area contributed by atoms with Crippen molar-refractivity contribution in [2.45, 2.75) is 19.4 Å². The molecule has 2 aromatic heterocycles. The van der Waals surface area contributed by atoms with E-state index in [1.54, 1.807) is 11.3 Å². The van der Waals surface area contributed by atoms with Crippen molar-refractivity contribution in [1.29, 1.82) is 0 Å². The zero-order valence-electron chi connectivity index (χ0n) is 16.1. The minimum Gasteiger partial charge on any atom is -0.493 e. The van der Waals surface area contributed by atoms with Gasteiger partial charge in [0.15, 0.2) is 0 Å². The Bertz CT molecular complexity index is 1240. The molecule has 3 nitrogen and oxygen atoms in total. The Morgan fingerprint density at radius 2 is 1.72 bits per heavy atom. The SMILES string of the molecule is c1csc(Cc2nc3ccccc3n2CCCOc2cccc3ccccc23)c1. The van der Waals surface area contributed by atoms with Crippen LogP contribution in [0.4, 0.5) is 0 Å². The van der Waals surface area contributed by atoms with Crippen LogP contribution in [-0.2, 0) is 13.0 Å². The van der Waals surface area contributed by atoms with Crippen molar-refractivity contribution in [2.75, 3.05) is 6.61 Å². The zero-order valence-corrected chi connectivity index (χ0v) is 16.9. The van der Waals surface area contributed by atoms with Crippen LogP contribution < -0.4 is 4.74 Å². The zero-order chi connectivity index (χ0) is 19.5. The molecule has 4 heteroatoms. The van der Waals surface area contributed by atoms with Crippen LogP contribution in [0.5, 0.6) is 5.75 Å². The summed E-state index contributed by atoms with van der Waals surface area (Å²) in [6.45, 7) is 1.57. The molecule has 0 atom stereocenters. The van der Waals surface area contributed by atoms with E-state index in [0.717, 1.165) is 36.5 Å². The van der Waals surface area contributed by atoms with Crippen LogP contribution in [0.15, 0.2) is 84.2 Å². The summed E-state index contributed by atoms with van der Waals surface area (Å²) in [5, 5.41) is 4.51. The predicted molar refractivity (Wildman–Crippen MR) is 121 cm³/mol. The first kappa shape index (κ1) is 18.0. The second-order valence-corrected chi connectivity index (χ2v) is 8.14. The van der Waals surface area contributed by atoms with E-state index in [0.29, 0.717) is 6.61 Å². The van der Waals surface area contributed by atoms with Gasteiger partial charge < -0.3 is 9.30 Å². The van der Waals surface area contributed by atoms with E-state index in [-0.39, 0.29) is 0 Å². The van der Waals surface area contributed by atoms with E-state index in [2.05, 4.69) is 88.8 Å². The van der Waals surface area contributed by atoms with Gasteiger partial charge in [-0.15, -0.1) is 11.3 Å². The van der Waals surface area contributed by atoms with Gasteiger partial charge in [-0.3, -0.25) is 0 Å². The molecular formula is C25H22N2OS. The Kier molecular flexibility index (Phi) is 5.01. The van der Waals surface area contributed by atoms with Gasteiger partial charge in [0, 0.05) is 23.2 Å². The molecular weight excluding hydrogens is 376 g/mol. The highest BCUT2D eigenvalue weighted by Crippen LogP contribution is 2.25. The summed E-state index contributed by atoms with van der Waals surface area (Å²) in [5.41, 5.74) is 2.26. The number of fused-ring (bicyclic) bond motifs is 2. The first-order chi connectivity index (χ1) is 14.4. The Hall–Kier alpha value is -3.11. The molecule has 0 aliphatic heterocycles. The number of imidazole rings is 1. The van der Waals surface area contributed by atoms with Crippen molar-refractivity contribution >= 4 is 33.1 Å². The number of aryl methyl sites for hydroxylation is 1. The lowest BCUT2D eigenvalue weighted by Crippen LogP contribution is -2.08. The number of rotatable bonds is 7. The molecule has 0 fully saturated rings. The summed E-state index contributed by atoms with van der Waals surface area (Å²) < 4.78 is 8.49. The molecule has 0 aliphatic rings. The van der Waals surface area contributed by atoms with Crippen molar-refractivity contribution in [3.63, 3.8) is 0 Å². The number of para-hydroxylation sites is 2. The highest BCUT2D eigenvalue weighted by molar-refractivity contribution is 7.09. The number of benzene rings is 3. The molecule has 0 bridgehead atoms. The third kappa shape index (κ3) is 3.76. The maximum atomic E-state index is 6.14. The molecule has 0 aliphatic carbocycles. The first-order valence-corrected chi connectivity index (χ1v) is 10.8. The third-order valence-corrected chi connectivity index (χ3v) is 6.06. The van der Waals surface area contributed by atoms with Crippen molar-refractivity contribution < 1.29 is 4.74 Å². The van der Waals surface area contributed by atoms with Crippen LogP contribution in [0.2, 0.25) is 0 Å². The molecule has 3 aromatic carbocycles. The lowest BCUT2D eigenvalue weighted by atomic mass is 10.1. The maximum Gasteiger partial charge on any atom is 0.127 e. The smallest absolute Gasteiger partial charge is 0.127 e. The third-order valence-electron chi connectivity index (χ3n) is 5.18. The maximum absolute atomic E-state index is 6.14. The van der Waals surface area contributed by atoms with Gasteiger partial charge in [-0.25, -0.2) is 4.98 Å². The number of aromatic nitrogens is 2. The average Bonchev–Trinajstić information content (AvgIpc) is 3.39. The lowest BCUT2D eigenvalue weighted by Gasteiger charge is -2.11. The van der Waals surface area contributed by atoms with Gasteiger partial charge in [0.2, 0.25) is 0 Å². The van der Waals surface area contributed by atoms with Gasteiger partial charge in [0.1, 0.15) is 11.6 Å². The van der Waals surface area contributed by atoms with E-state index in [1.807, 2.05) is 0 Å². The van der Waals surface area contributed by atoms with Crippen LogP contribution in [0, 0.1) is 0 Å². The number of hydrogen-bond donors (Lipinski definition) is 0. The average molecular weight is 399 g/mol. The Morgan fingerprint density at radius 3 is 2.66 bits per heavy atom. The minimum absolute atomic E-state index is 0.680. The van der Waals surface area contributed by atoms with Crippen LogP contribution in [0.1, 0.15) is 17.1 Å². The molecule has 144 valence electrons. The molecule has 0 radical (unpaired) electrons. The van der Waals surface area contributed by atoms with Gasteiger partial charge in [0.05, 0.1) is 17.6 Å². The molecule has 2 heterocycles. The number of thiophene rings is 1. The topological polar surface area (TPSA) is 27.1 Å². The summed E-state index contributed by atoms with van der Waals surface area (Å²) in [6, 6.07) is 27.3. The molecule has 0 N–H and O–H groups in total. The minimum atomic E-state index is 0.680. The number of ether oxygens (including phenoxy) is 1. The monoisotopic (exact) mass is 398 g/mol. The van der Waals surface area contributed by atoms with Crippen molar-refractivity contribution in [1.82, 2.24) is 9.55 Å². The molecule has 0 saturated heterocycles. The molecule has 5 rings (SSSR count). The van der Waals surface area contributed by atoms with Crippen LogP contribution >= 0.6 is 11.3 Å². The first-order valence-electron chi connectivity index (χ1n) is 9.95. The molecule has 0 saturated carbocycles. The van der Waals surface area contributed by atoms with Gasteiger partial charge in [0.25, 0.3) is 0 Å². The second-order valence-electron chi connectivity index (χ2n) is 7.10. The number of nitrogens with zero attached hydrogens (tertiary/aromatic N) is 2. The predicted octanol–water partition coefficient (Wildman–Crippen LogP) is 6.31. The Labute approximate surface area is 174 Å². The molecule has 0 spiro atoms. The summed E-state index contributed by atoms with van der Waals surface area (Å²) in [6.07, 6.45) is 1.80. The van der Waals surface area contributed by atoms with Crippen molar-refractivity contribution in [3.05, 3.63) is 94.9 Å². The molecule has 5 aromatic rings. The number of hydrogen-bond acceptors (Lipinski definition) is 3. The quantitative estimate of drug-likeness (QED) is 0.300. The van der Waals surface area contributed by atoms with E-state index in [1.165, 1.54) is 21.2 Å². The van der Waals surface area contributed by atoms with Gasteiger partial charge in [-0.05, 0) is 41.5 Å². The fraction of sp³-hybridized carbons (Fsp3) is 0.160. The molecule has 0 amide bonds. The van der Waals surface area contributed by atoms with Crippen LogP contribution in [-0.4, -0.2) is 16.2 Å². The van der Waals surface area contributed by atoms with E-state index in [9.17, 15) is 0 Å². The standard InChI is InChI=1S/C25H22N2OS/c1-2-11-21-19(8-1)9-5-14-24(21)28-16-7-15-27-23-13-4-3-12-22(23)26-25(27)18-20-10-6-17-29-20/h1-6,8-14,17H,7,15-16,18H2. The molecule has 29 heavy (non-hydrogen) atoms. The summed E-state index contributed by atoms with van der Waals surface area (Å²) >= 11 is 1.79.